The number of ether oxygens (including phenoxy) is 1. The number of aliphatic hydroxyl groups excluding tert-OH is 1. The van der Waals surface area contributed by atoms with E-state index in [1.807, 2.05) is 38.1 Å². The number of rotatable bonds is 4. The Morgan fingerprint density at radius 3 is 2.42 bits per heavy atom. The van der Waals surface area contributed by atoms with Crippen LogP contribution < -0.4 is 4.74 Å². The lowest BCUT2D eigenvalue weighted by atomic mass is 10.1. The topological polar surface area (TPSA) is 42.4 Å². The van der Waals surface area contributed by atoms with Crippen molar-refractivity contribution in [3.05, 3.63) is 58.9 Å². The predicted molar refractivity (Wildman–Crippen MR) is 75.5 cm³/mol. The quantitative estimate of drug-likeness (QED) is 0.928. The average molecular weight is 278 g/mol. The van der Waals surface area contributed by atoms with Crippen LogP contribution in [0.15, 0.2) is 42.6 Å². The summed E-state index contributed by atoms with van der Waals surface area (Å²) in [5, 5.41) is 10.7. The van der Waals surface area contributed by atoms with Crippen molar-refractivity contribution in [2.45, 2.75) is 26.1 Å². The molecule has 0 aliphatic heterocycles. The maximum Gasteiger partial charge on any atom is 0.122 e. The van der Waals surface area contributed by atoms with Gasteiger partial charge in [-0.3, -0.25) is 4.98 Å². The number of aliphatic hydroxyl groups is 1. The lowest BCUT2D eigenvalue weighted by Crippen LogP contribution is -2.06. The Balaban J connectivity index is 2.20. The number of nitrogens with zero attached hydrogens (tertiary/aromatic N) is 1. The number of hydrogen-bond acceptors (Lipinski definition) is 3. The van der Waals surface area contributed by atoms with Crippen molar-refractivity contribution in [2.24, 2.45) is 0 Å². The Bertz CT molecular complexity index is 540. The van der Waals surface area contributed by atoms with Gasteiger partial charge >= 0.3 is 0 Å². The summed E-state index contributed by atoms with van der Waals surface area (Å²) >= 11 is 6.02. The van der Waals surface area contributed by atoms with Crippen LogP contribution in [0.25, 0.3) is 0 Å². The zero-order valence-electron chi connectivity index (χ0n) is 10.9. The molecule has 0 saturated carbocycles. The Morgan fingerprint density at radius 1 is 1.16 bits per heavy atom. The van der Waals surface area contributed by atoms with Crippen molar-refractivity contribution in [1.29, 1.82) is 0 Å². The van der Waals surface area contributed by atoms with Gasteiger partial charge in [0.25, 0.3) is 0 Å². The first-order valence-electron chi connectivity index (χ1n) is 6.13. The lowest BCUT2D eigenvalue weighted by Gasteiger charge is -2.14. The van der Waals surface area contributed by atoms with E-state index in [9.17, 15) is 5.11 Å². The smallest absolute Gasteiger partial charge is 0.122 e. The third-order valence-electron chi connectivity index (χ3n) is 2.61. The van der Waals surface area contributed by atoms with Gasteiger partial charge in [0.2, 0.25) is 0 Å². The molecule has 19 heavy (non-hydrogen) atoms. The van der Waals surface area contributed by atoms with Gasteiger partial charge < -0.3 is 9.84 Å². The SMILES string of the molecule is CC(C)Oc1ccc(C(O)c2ncccc2Cl)cc1. The molecule has 0 saturated heterocycles. The summed E-state index contributed by atoms with van der Waals surface area (Å²) in [5.74, 6) is 0.776. The van der Waals surface area contributed by atoms with Gasteiger partial charge in [-0.05, 0) is 43.7 Å². The molecule has 0 amide bonds. The van der Waals surface area contributed by atoms with E-state index in [2.05, 4.69) is 4.98 Å². The molecule has 0 fully saturated rings. The van der Waals surface area contributed by atoms with Crippen LogP contribution in [0.1, 0.15) is 31.2 Å². The number of benzene rings is 1. The van der Waals surface area contributed by atoms with Crippen LogP contribution in [0.2, 0.25) is 5.02 Å². The first-order valence-corrected chi connectivity index (χ1v) is 6.51. The highest BCUT2D eigenvalue weighted by atomic mass is 35.5. The van der Waals surface area contributed by atoms with Gasteiger partial charge in [0.15, 0.2) is 0 Å². The second-order valence-corrected chi connectivity index (χ2v) is 4.92. The van der Waals surface area contributed by atoms with Crippen LogP contribution in [-0.2, 0) is 0 Å². The molecular weight excluding hydrogens is 262 g/mol. The van der Waals surface area contributed by atoms with E-state index in [0.29, 0.717) is 10.7 Å². The fourth-order valence-corrected chi connectivity index (χ4v) is 1.98. The molecule has 1 N–H and O–H groups in total. The van der Waals surface area contributed by atoms with E-state index in [1.165, 1.54) is 0 Å². The minimum Gasteiger partial charge on any atom is -0.491 e. The Labute approximate surface area is 117 Å². The molecule has 3 nitrogen and oxygen atoms in total. The van der Waals surface area contributed by atoms with Crippen LogP contribution >= 0.6 is 11.6 Å². The van der Waals surface area contributed by atoms with Crippen LogP contribution in [0.3, 0.4) is 0 Å². The maximum atomic E-state index is 10.3. The van der Waals surface area contributed by atoms with Gasteiger partial charge in [-0.15, -0.1) is 0 Å². The van der Waals surface area contributed by atoms with Crippen LogP contribution in [0.4, 0.5) is 0 Å². The van der Waals surface area contributed by atoms with Crippen molar-refractivity contribution in [3.63, 3.8) is 0 Å². The van der Waals surface area contributed by atoms with E-state index >= 15 is 0 Å². The summed E-state index contributed by atoms with van der Waals surface area (Å²) in [7, 11) is 0. The van der Waals surface area contributed by atoms with E-state index in [0.717, 1.165) is 11.3 Å². The predicted octanol–water partition coefficient (Wildman–Crippen LogP) is 3.60. The highest BCUT2D eigenvalue weighted by Crippen LogP contribution is 2.27. The second-order valence-electron chi connectivity index (χ2n) is 4.51. The molecule has 100 valence electrons. The van der Waals surface area contributed by atoms with Gasteiger partial charge in [0.05, 0.1) is 16.8 Å². The van der Waals surface area contributed by atoms with Gasteiger partial charge in [0.1, 0.15) is 11.9 Å². The molecule has 1 atom stereocenters. The van der Waals surface area contributed by atoms with Crippen molar-refractivity contribution < 1.29 is 9.84 Å². The van der Waals surface area contributed by atoms with Crippen LogP contribution in [-0.4, -0.2) is 16.2 Å². The van der Waals surface area contributed by atoms with Crippen LogP contribution in [0, 0.1) is 0 Å². The van der Waals surface area contributed by atoms with E-state index < -0.39 is 6.10 Å². The Hall–Kier alpha value is -1.58. The summed E-state index contributed by atoms with van der Waals surface area (Å²) in [5.41, 5.74) is 1.19. The lowest BCUT2D eigenvalue weighted by molar-refractivity contribution is 0.214. The van der Waals surface area contributed by atoms with E-state index in [-0.39, 0.29) is 6.10 Å². The zero-order valence-corrected chi connectivity index (χ0v) is 11.6. The summed E-state index contributed by atoms with van der Waals surface area (Å²) in [6.45, 7) is 3.94. The number of hydrogen-bond donors (Lipinski definition) is 1. The first-order chi connectivity index (χ1) is 9.08. The normalized spacial score (nSPS) is 12.5. The third-order valence-corrected chi connectivity index (χ3v) is 2.93. The minimum absolute atomic E-state index is 0.126. The fourth-order valence-electron chi connectivity index (χ4n) is 1.76. The molecule has 1 aromatic heterocycles. The molecule has 4 heteroatoms. The monoisotopic (exact) mass is 277 g/mol. The van der Waals surface area contributed by atoms with Gasteiger partial charge in [0, 0.05) is 6.20 Å². The maximum absolute atomic E-state index is 10.3. The fraction of sp³-hybridized carbons (Fsp3) is 0.267. The summed E-state index contributed by atoms with van der Waals surface area (Å²) < 4.78 is 5.56. The molecule has 2 rings (SSSR count). The Kier molecular flexibility index (Phi) is 4.40. The third kappa shape index (κ3) is 3.46. The van der Waals surface area contributed by atoms with Gasteiger partial charge in [-0.1, -0.05) is 23.7 Å². The molecule has 0 bridgehead atoms. The molecule has 1 heterocycles. The second kappa shape index (κ2) is 6.04. The van der Waals surface area contributed by atoms with Gasteiger partial charge in [-0.2, -0.15) is 0 Å². The highest BCUT2D eigenvalue weighted by Gasteiger charge is 2.15. The number of pyridine rings is 1. The molecule has 0 radical (unpaired) electrons. The molecule has 0 aliphatic rings. The molecular formula is C15H16ClNO2. The number of aromatic nitrogens is 1. The molecule has 1 aromatic carbocycles. The molecule has 0 aliphatic carbocycles. The first kappa shape index (κ1) is 13.8. The standard InChI is InChI=1S/C15H16ClNO2/c1-10(2)19-12-7-5-11(6-8-12)15(18)14-13(16)4-3-9-17-14/h3-10,15,18H,1-2H3. The molecule has 2 aromatic rings. The molecule has 1 unspecified atom stereocenters. The summed E-state index contributed by atoms with van der Waals surface area (Å²) in [6, 6.07) is 10.7. The van der Waals surface area contributed by atoms with Crippen molar-refractivity contribution >= 4 is 11.6 Å². The van der Waals surface area contributed by atoms with E-state index in [1.54, 1.807) is 18.3 Å². The van der Waals surface area contributed by atoms with E-state index in [4.69, 9.17) is 16.3 Å². The van der Waals surface area contributed by atoms with Gasteiger partial charge in [-0.25, -0.2) is 0 Å². The Morgan fingerprint density at radius 2 is 1.84 bits per heavy atom. The van der Waals surface area contributed by atoms with Crippen molar-refractivity contribution in [2.75, 3.05) is 0 Å². The largest absolute Gasteiger partial charge is 0.491 e. The summed E-state index contributed by atoms with van der Waals surface area (Å²) in [4.78, 5) is 4.11. The molecule has 0 spiro atoms. The summed E-state index contributed by atoms with van der Waals surface area (Å²) in [6.07, 6.45) is 0.906. The average Bonchev–Trinajstić information content (AvgIpc) is 2.39. The van der Waals surface area contributed by atoms with Crippen molar-refractivity contribution in [3.8, 4) is 5.75 Å². The highest BCUT2D eigenvalue weighted by molar-refractivity contribution is 6.31. The van der Waals surface area contributed by atoms with Crippen molar-refractivity contribution in [1.82, 2.24) is 4.98 Å². The zero-order chi connectivity index (χ0) is 13.8. The minimum atomic E-state index is -0.832. The van der Waals surface area contributed by atoms with Crippen LogP contribution in [0.5, 0.6) is 5.75 Å². The number of halogens is 1.